The van der Waals surface area contributed by atoms with Gasteiger partial charge in [-0.15, -0.1) is 0 Å². The Balaban J connectivity index is 1.96. The van der Waals surface area contributed by atoms with Gasteiger partial charge in [-0.2, -0.15) is 0 Å². The maximum absolute atomic E-state index is 13.3. The van der Waals surface area contributed by atoms with Crippen LogP contribution in [0.3, 0.4) is 0 Å². The molecule has 1 aliphatic rings. The molecule has 0 atom stereocenters. The molecule has 0 aliphatic carbocycles. The van der Waals surface area contributed by atoms with Crippen LogP contribution in [0, 0.1) is 18.7 Å². The number of amides is 1. The van der Waals surface area contributed by atoms with Gasteiger partial charge >= 0.3 is 0 Å². The normalized spacial score (nSPS) is 15.6. The zero-order valence-corrected chi connectivity index (χ0v) is 9.22. The predicted molar refractivity (Wildman–Crippen MR) is 60.7 cm³/mol. The Bertz CT molecular complexity index is 402. The number of carbonyl (C=O) groups excluding carboxylic acids is 1. The van der Waals surface area contributed by atoms with Crippen LogP contribution >= 0.6 is 0 Å². The van der Waals surface area contributed by atoms with E-state index in [4.69, 9.17) is 0 Å². The van der Waals surface area contributed by atoms with E-state index in [9.17, 15) is 9.18 Å². The number of anilines is 1. The van der Waals surface area contributed by atoms with Crippen LogP contribution in [0.15, 0.2) is 18.2 Å². The summed E-state index contributed by atoms with van der Waals surface area (Å²) < 4.78 is 13.3. The highest BCUT2D eigenvalue weighted by atomic mass is 19.1. The molecule has 1 aromatic carbocycles. The Morgan fingerprint density at radius 3 is 2.94 bits per heavy atom. The van der Waals surface area contributed by atoms with E-state index in [1.165, 1.54) is 6.07 Å². The van der Waals surface area contributed by atoms with E-state index in [1.54, 1.807) is 12.1 Å². The first-order valence-electron chi connectivity index (χ1n) is 5.42. The van der Waals surface area contributed by atoms with Crippen LogP contribution in [-0.2, 0) is 4.79 Å². The molecule has 0 spiro atoms. The number of rotatable bonds is 3. The van der Waals surface area contributed by atoms with Crippen molar-refractivity contribution < 1.29 is 9.18 Å². The molecule has 2 rings (SSSR count). The number of carbonyl (C=O) groups is 1. The second-order valence-electron chi connectivity index (χ2n) is 4.26. The molecule has 86 valence electrons. The van der Waals surface area contributed by atoms with E-state index in [1.807, 2.05) is 6.92 Å². The summed E-state index contributed by atoms with van der Waals surface area (Å²) in [6, 6.07) is 4.70. The number of hydrogen-bond acceptors (Lipinski definition) is 2. The first-order chi connectivity index (χ1) is 7.65. The minimum absolute atomic E-state index is 0.115. The molecule has 2 N–H and O–H groups in total. The van der Waals surface area contributed by atoms with Crippen molar-refractivity contribution in [3.8, 4) is 0 Å². The van der Waals surface area contributed by atoms with Gasteiger partial charge in [-0.3, -0.25) is 4.79 Å². The third-order valence-electron chi connectivity index (χ3n) is 2.74. The molecule has 4 heteroatoms. The van der Waals surface area contributed by atoms with Gasteiger partial charge in [-0.1, -0.05) is 6.07 Å². The molecule has 0 radical (unpaired) electrons. The zero-order valence-electron chi connectivity index (χ0n) is 9.22. The molecule has 1 heterocycles. The van der Waals surface area contributed by atoms with E-state index >= 15 is 0 Å². The number of aryl methyl sites for hydroxylation is 1. The molecule has 1 fully saturated rings. The van der Waals surface area contributed by atoms with Crippen molar-refractivity contribution in [2.45, 2.75) is 13.3 Å². The summed E-state index contributed by atoms with van der Waals surface area (Å²) in [6.45, 7) is 3.62. The fraction of sp³-hybridized carbons (Fsp3) is 0.417. The van der Waals surface area contributed by atoms with Gasteiger partial charge in [0.25, 0.3) is 0 Å². The highest BCUT2D eigenvalue weighted by Gasteiger charge is 2.20. The second-order valence-corrected chi connectivity index (χ2v) is 4.26. The molecular formula is C12H15FN2O. The van der Waals surface area contributed by atoms with Crippen molar-refractivity contribution in [2.75, 3.05) is 18.4 Å². The summed E-state index contributed by atoms with van der Waals surface area (Å²) in [5.41, 5.74) is 1.21. The van der Waals surface area contributed by atoms with E-state index in [2.05, 4.69) is 10.6 Å². The van der Waals surface area contributed by atoms with Gasteiger partial charge in [0.05, 0.1) is 5.69 Å². The minimum Gasteiger partial charge on any atom is -0.324 e. The molecular weight excluding hydrogens is 207 g/mol. The predicted octanol–water partition coefficient (Wildman–Crippen LogP) is 1.68. The van der Waals surface area contributed by atoms with Crippen molar-refractivity contribution in [1.29, 1.82) is 0 Å². The van der Waals surface area contributed by atoms with E-state index in [-0.39, 0.29) is 17.4 Å². The fourth-order valence-corrected chi connectivity index (χ4v) is 1.69. The highest BCUT2D eigenvalue weighted by molar-refractivity contribution is 5.91. The van der Waals surface area contributed by atoms with Gasteiger partial charge in [-0.25, -0.2) is 4.39 Å². The summed E-state index contributed by atoms with van der Waals surface area (Å²) >= 11 is 0. The largest absolute Gasteiger partial charge is 0.324 e. The van der Waals surface area contributed by atoms with Crippen molar-refractivity contribution in [1.82, 2.24) is 5.32 Å². The van der Waals surface area contributed by atoms with Gasteiger partial charge in [0.2, 0.25) is 5.91 Å². The topological polar surface area (TPSA) is 41.1 Å². The van der Waals surface area contributed by atoms with Crippen molar-refractivity contribution in [3.05, 3.63) is 29.6 Å². The molecule has 16 heavy (non-hydrogen) atoms. The molecule has 0 bridgehead atoms. The molecule has 0 unspecified atom stereocenters. The van der Waals surface area contributed by atoms with Crippen LogP contribution in [-0.4, -0.2) is 19.0 Å². The van der Waals surface area contributed by atoms with Crippen LogP contribution in [0.1, 0.15) is 12.0 Å². The molecule has 0 saturated carbocycles. The Hall–Kier alpha value is -1.42. The Morgan fingerprint density at radius 2 is 2.31 bits per heavy atom. The molecule has 1 aromatic rings. The summed E-state index contributed by atoms with van der Waals surface area (Å²) in [5.74, 6) is -0.102. The highest BCUT2D eigenvalue weighted by Crippen LogP contribution is 2.17. The minimum atomic E-state index is -0.384. The summed E-state index contributed by atoms with van der Waals surface area (Å²) in [4.78, 5) is 11.6. The van der Waals surface area contributed by atoms with E-state index in [0.717, 1.165) is 18.7 Å². The van der Waals surface area contributed by atoms with Crippen LogP contribution in [0.2, 0.25) is 0 Å². The van der Waals surface area contributed by atoms with Crippen LogP contribution in [0.4, 0.5) is 10.1 Å². The number of hydrogen-bond donors (Lipinski definition) is 2. The number of halogens is 1. The standard InChI is InChI=1S/C12H15FN2O/c1-8-2-3-10(13)11(4-8)15-12(16)5-9-6-14-7-9/h2-4,9,14H,5-7H2,1H3,(H,15,16). The van der Waals surface area contributed by atoms with Crippen LogP contribution < -0.4 is 10.6 Å². The maximum atomic E-state index is 13.3. The zero-order chi connectivity index (χ0) is 11.5. The lowest BCUT2D eigenvalue weighted by Crippen LogP contribution is -2.43. The van der Waals surface area contributed by atoms with Crippen molar-refractivity contribution in [2.24, 2.45) is 5.92 Å². The lowest BCUT2D eigenvalue weighted by atomic mass is 9.99. The third kappa shape index (κ3) is 2.58. The lowest BCUT2D eigenvalue weighted by molar-refractivity contribution is -0.117. The van der Waals surface area contributed by atoms with Crippen LogP contribution in [0.5, 0.6) is 0 Å². The average molecular weight is 222 g/mol. The fourth-order valence-electron chi connectivity index (χ4n) is 1.69. The monoisotopic (exact) mass is 222 g/mol. The Kier molecular flexibility index (Phi) is 3.19. The molecule has 1 saturated heterocycles. The summed E-state index contributed by atoms with van der Waals surface area (Å²) in [6.07, 6.45) is 0.459. The summed E-state index contributed by atoms with van der Waals surface area (Å²) in [5, 5.41) is 5.71. The van der Waals surface area contributed by atoms with Gasteiger partial charge < -0.3 is 10.6 Å². The maximum Gasteiger partial charge on any atom is 0.224 e. The average Bonchev–Trinajstić information content (AvgIpc) is 2.18. The molecule has 1 aliphatic heterocycles. The Morgan fingerprint density at radius 1 is 1.56 bits per heavy atom. The van der Waals surface area contributed by atoms with Crippen LogP contribution in [0.25, 0.3) is 0 Å². The Labute approximate surface area is 94.0 Å². The smallest absolute Gasteiger partial charge is 0.224 e. The SMILES string of the molecule is Cc1ccc(F)c(NC(=O)CC2CNC2)c1. The van der Waals surface area contributed by atoms with Gasteiger partial charge in [0.1, 0.15) is 5.82 Å². The lowest BCUT2D eigenvalue weighted by Gasteiger charge is -2.26. The third-order valence-corrected chi connectivity index (χ3v) is 2.74. The van der Waals surface area contributed by atoms with Gasteiger partial charge in [0, 0.05) is 6.42 Å². The summed E-state index contributed by atoms with van der Waals surface area (Å²) in [7, 11) is 0. The molecule has 0 aromatic heterocycles. The van der Waals surface area contributed by atoms with Crippen molar-refractivity contribution in [3.63, 3.8) is 0 Å². The van der Waals surface area contributed by atoms with E-state index < -0.39 is 0 Å². The number of nitrogens with one attached hydrogen (secondary N) is 2. The quantitative estimate of drug-likeness (QED) is 0.817. The first-order valence-corrected chi connectivity index (χ1v) is 5.42. The molecule has 3 nitrogen and oxygen atoms in total. The molecule has 1 amide bonds. The van der Waals surface area contributed by atoms with E-state index in [0.29, 0.717) is 12.3 Å². The second kappa shape index (κ2) is 4.61. The van der Waals surface area contributed by atoms with Crippen molar-refractivity contribution >= 4 is 11.6 Å². The van der Waals surface area contributed by atoms with Gasteiger partial charge in [-0.05, 0) is 43.6 Å². The van der Waals surface area contributed by atoms with Gasteiger partial charge in [0.15, 0.2) is 0 Å². The first kappa shape index (κ1) is 11.1. The number of benzene rings is 1.